The minimum atomic E-state index is -0.236. The number of amides is 2. The summed E-state index contributed by atoms with van der Waals surface area (Å²) in [6.45, 7) is 3.11. The van der Waals surface area contributed by atoms with Crippen LogP contribution >= 0.6 is 15.9 Å². The molecule has 0 atom stereocenters. The van der Waals surface area contributed by atoms with Crippen LogP contribution in [-0.2, 0) is 0 Å². The van der Waals surface area contributed by atoms with Gasteiger partial charge in [0.25, 0.3) is 11.8 Å². The predicted octanol–water partition coefficient (Wildman–Crippen LogP) is 3.09. The van der Waals surface area contributed by atoms with Gasteiger partial charge < -0.3 is 15.1 Å². The van der Waals surface area contributed by atoms with Crippen molar-refractivity contribution < 1.29 is 9.59 Å². The summed E-state index contributed by atoms with van der Waals surface area (Å²) >= 11 is 3.37. The van der Waals surface area contributed by atoms with Crippen LogP contribution in [0.5, 0.6) is 0 Å². The lowest BCUT2D eigenvalue weighted by atomic mass is 10.1. The number of hydrogen-bond acceptors (Lipinski definition) is 3. The van der Waals surface area contributed by atoms with Crippen LogP contribution in [0.1, 0.15) is 20.7 Å². The van der Waals surface area contributed by atoms with Crippen molar-refractivity contribution in [1.82, 2.24) is 9.80 Å². The van der Waals surface area contributed by atoms with E-state index in [-0.39, 0.29) is 11.8 Å². The molecular weight excluding hydrogens is 382 g/mol. The van der Waals surface area contributed by atoms with Crippen LogP contribution in [0.15, 0.2) is 53.0 Å². The van der Waals surface area contributed by atoms with E-state index in [1.807, 2.05) is 30.1 Å². The second-order valence-electron chi connectivity index (χ2n) is 6.11. The Labute approximate surface area is 155 Å². The second kappa shape index (κ2) is 7.80. The number of halogens is 1. The van der Waals surface area contributed by atoms with Crippen molar-refractivity contribution in [1.29, 1.82) is 0 Å². The number of para-hydroxylation sites is 1. The number of anilines is 1. The van der Waals surface area contributed by atoms with Crippen molar-refractivity contribution in [3.05, 3.63) is 64.1 Å². The average Bonchev–Trinajstić information content (AvgIpc) is 2.62. The summed E-state index contributed by atoms with van der Waals surface area (Å²) in [6.07, 6.45) is 0. The maximum atomic E-state index is 12.8. The average molecular weight is 402 g/mol. The largest absolute Gasteiger partial charge is 0.336 e. The minimum absolute atomic E-state index is 0.0433. The fourth-order valence-corrected chi connectivity index (χ4v) is 3.18. The molecular formula is C19H20BrN3O2. The molecule has 6 heteroatoms. The van der Waals surface area contributed by atoms with E-state index in [2.05, 4.69) is 26.1 Å². The Hall–Kier alpha value is -2.18. The van der Waals surface area contributed by atoms with Crippen LogP contribution in [0.3, 0.4) is 0 Å². The van der Waals surface area contributed by atoms with Gasteiger partial charge >= 0.3 is 0 Å². The lowest BCUT2D eigenvalue weighted by molar-refractivity contribution is 0.0665. The lowest BCUT2D eigenvalue weighted by Gasteiger charge is -2.32. The van der Waals surface area contributed by atoms with E-state index < -0.39 is 0 Å². The SMILES string of the molecule is CN1CCN(C(=O)c2ccccc2NC(=O)c2cccc(Br)c2)CC1. The summed E-state index contributed by atoms with van der Waals surface area (Å²) in [5, 5.41) is 2.87. The molecule has 1 heterocycles. The Morgan fingerprint density at radius 1 is 1.00 bits per heavy atom. The molecule has 2 aromatic rings. The Morgan fingerprint density at radius 3 is 2.44 bits per heavy atom. The molecule has 130 valence electrons. The molecule has 1 N–H and O–H groups in total. The Kier molecular flexibility index (Phi) is 5.50. The zero-order chi connectivity index (χ0) is 17.8. The molecule has 2 amide bonds. The molecule has 0 aromatic heterocycles. The molecule has 0 radical (unpaired) electrons. The standard InChI is InChI=1S/C19H20BrN3O2/c1-22-9-11-23(12-10-22)19(25)16-7-2-3-8-17(16)21-18(24)14-5-4-6-15(20)13-14/h2-8,13H,9-12H2,1H3,(H,21,24). The molecule has 25 heavy (non-hydrogen) atoms. The highest BCUT2D eigenvalue weighted by molar-refractivity contribution is 9.10. The Balaban J connectivity index is 1.79. The van der Waals surface area contributed by atoms with Gasteiger partial charge in [0.1, 0.15) is 0 Å². The molecule has 1 saturated heterocycles. The quantitative estimate of drug-likeness (QED) is 0.859. The van der Waals surface area contributed by atoms with Crippen LogP contribution < -0.4 is 5.32 Å². The summed E-state index contributed by atoms with van der Waals surface area (Å²) in [7, 11) is 2.05. The third-order valence-corrected chi connectivity index (χ3v) is 4.78. The highest BCUT2D eigenvalue weighted by atomic mass is 79.9. The smallest absolute Gasteiger partial charge is 0.256 e. The Bertz CT molecular complexity index is 786. The molecule has 0 unspecified atom stereocenters. The number of carbonyl (C=O) groups is 2. The van der Waals surface area contributed by atoms with Gasteiger partial charge in [0.15, 0.2) is 0 Å². The van der Waals surface area contributed by atoms with Crippen molar-refractivity contribution in [3.8, 4) is 0 Å². The van der Waals surface area contributed by atoms with Crippen molar-refractivity contribution in [2.75, 3.05) is 38.5 Å². The summed E-state index contributed by atoms with van der Waals surface area (Å²) in [4.78, 5) is 29.4. The summed E-state index contributed by atoms with van der Waals surface area (Å²) in [5.74, 6) is -0.279. The molecule has 2 aromatic carbocycles. The van der Waals surface area contributed by atoms with Gasteiger partial charge in [-0.1, -0.05) is 34.1 Å². The molecule has 3 rings (SSSR count). The van der Waals surface area contributed by atoms with Crippen molar-refractivity contribution in [2.24, 2.45) is 0 Å². The van der Waals surface area contributed by atoms with E-state index in [0.29, 0.717) is 29.9 Å². The zero-order valence-electron chi connectivity index (χ0n) is 14.0. The maximum absolute atomic E-state index is 12.8. The van der Waals surface area contributed by atoms with E-state index in [0.717, 1.165) is 17.6 Å². The van der Waals surface area contributed by atoms with Gasteiger partial charge in [-0.2, -0.15) is 0 Å². The van der Waals surface area contributed by atoms with Gasteiger partial charge in [0, 0.05) is 36.2 Å². The Morgan fingerprint density at radius 2 is 1.72 bits per heavy atom. The van der Waals surface area contributed by atoms with Gasteiger partial charge in [-0.3, -0.25) is 9.59 Å². The van der Waals surface area contributed by atoms with Crippen LogP contribution in [0.25, 0.3) is 0 Å². The molecule has 5 nitrogen and oxygen atoms in total. The van der Waals surface area contributed by atoms with Gasteiger partial charge in [0.05, 0.1) is 11.3 Å². The van der Waals surface area contributed by atoms with Gasteiger partial charge in [-0.05, 0) is 37.4 Å². The van der Waals surface area contributed by atoms with Gasteiger partial charge in [-0.25, -0.2) is 0 Å². The van der Waals surface area contributed by atoms with Crippen LogP contribution in [-0.4, -0.2) is 54.8 Å². The molecule has 0 spiro atoms. The monoisotopic (exact) mass is 401 g/mol. The fourth-order valence-electron chi connectivity index (χ4n) is 2.78. The number of nitrogens with one attached hydrogen (secondary N) is 1. The fraction of sp³-hybridized carbons (Fsp3) is 0.263. The molecule has 0 aliphatic carbocycles. The van der Waals surface area contributed by atoms with Crippen molar-refractivity contribution in [3.63, 3.8) is 0 Å². The number of likely N-dealkylation sites (N-methyl/N-ethyl adjacent to an activating group) is 1. The first-order chi connectivity index (χ1) is 12.0. The van der Waals surface area contributed by atoms with E-state index in [1.54, 1.807) is 30.3 Å². The number of benzene rings is 2. The van der Waals surface area contributed by atoms with Crippen molar-refractivity contribution >= 4 is 33.4 Å². The van der Waals surface area contributed by atoms with Crippen molar-refractivity contribution in [2.45, 2.75) is 0 Å². The van der Waals surface area contributed by atoms with Crippen LogP contribution in [0.2, 0.25) is 0 Å². The van der Waals surface area contributed by atoms with Gasteiger partial charge in [0.2, 0.25) is 0 Å². The first-order valence-electron chi connectivity index (χ1n) is 8.18. The third kappa shape index (κ3) is 4.27. The number of piperazine rings is 1. The normalized spacial score (nSPS) is 15.0. The first-order valence-corrected chi connectivity index (χ1v) is 8.97. The highest BCUT2D eigenvalue weighted by Gasteiger charge is 2.23. The summed E-state index contributed by atoms with van der Waals surface area (Å²) in [5.41, 5.74) is 1.60. The maximum Gasteiger partial charge on any atom is 0.256 e. The van der Waals surface area contributed by atoms with Gasteiger partial charge in [-0.15, -0.1) is 0 Å². The number of nitrogens with zero attached hydrogens (tertiary/aromatic N) is 2. The van der Waals surface area contributed by atoms with Crippen LogP contribution in [0, 0.1) is 0 Å². The topological polar surface area (TPSA) is 52.6 Å². The first kappa shape index (κ1) is 17.6. The molecule has 0 bridgehead atoms. The number of hydrogen-bond donors (Lipinski definition) is 1. The van der Waals surface area contributed by atoms with E-state index in [4.69, 9.17) is 0 Å². The van der Waals surface area contributed by atoms with Crippen LogP contribution in [0.4, 0.5) is 5.69 Å². The zero-order valence-corrected chi connectivity index (χ0v) is 15.6. The second-order valence-corrected chi connectivity index (χ2v) is 7.02. The molecule has 1 aliphatic heterocycles. The number of rotatable bonds is 3. The number of carbonyl (C=O) groups excluding carboxylic acids is 2. The van der Waals surface area contributed by atoms with E-state index in [1.165, 1.54) is 0 Å². The molecule has 1 fully saturated rings. The van der Waals surface area contributed by atoms with E-state index in [9.17, 15) is 9.59 Å². The third-order valence-electron chi connectivity index (χ3n) is 4.28. The predicted molar refractivity (Wildman–Crippen MR) is 102 cm³/mol. The summed E-state index contributed by atoms with van der Waals surface area (Å²) < 4.78 is 0.835. The summed E-state index contributed by atoms with van der Waals surface area (Å²) in [6, 6.07) is 14.3. The molecule has 0 saturated carbocycles. The lowest BCUT2D eigenvalue weighted by Crippen LogP contribution is -2.47. The molecule has 1 aliphatic rings. The highest BCUT2D eigenvalue weighted by Crippen LogP contribution is 2.20. The minimum Gasteiger partial charge on any atom is -0.336 e. The van der Waals surface area contributed by atoms with E-state index >= 15 is 0 Å².